The Morgan fingerprint density at radius 3 is 2.57 bits per heavy atom. The van der Waals surface area contributed by atoms with Crippen LogP contribution >= 0.6 is 11.6 Å². The van der Waals surface area contributed by atoms with Gasteiger partial charge in [-0.05, 0) is 61.9 Å². The Labute approximate surface area is 210 Å². The average molecular weight is 493 g/mol. The van der Waals surface area contributed by atoms with Gasteiger partial charge in [0, 0.05) is 35.7 Å². The standard InChI is InChI=1S/C27H29ClN4O3/c1-17-11-22(28)13-20(12-18-7-9-32(10-8-18)27(34)19-5-3-4-6-19)25(17)31-26(33)21-14-23(16-29)30-24(15-21)35-2/h11-15,19H,3-10H2,1-2H3,(H,31,33). The highest BCUT2D eigenvalue weighted by Crippen LogP contribution is 2.32. The molecule has 1 saturated heterocycles. The van der Waals surface area contributed by atoms with Crippen LogP contribution in [0.15, 0.2) is 29.8 Å². The highest BCUT2D eigenvalue weighted by molar-refractivity contribution is 6.31. The van der Waals surface area contributed by atoms with E-state index in [2.05, 4.69) is 16.4 Å². The summed E-state index contributed by atoms with van der Waals surface area (Å²) in [6.45, 7) is 3.33. The summed E-state index contributed by atoms with van der Waals surface area (Å²) < 4.78 is 5.12. The van der Waals surface area contributed by atoms with Gasteiger partial charge in [-0.15, -0.1) is 0 Å². The number of pyridine rings is 1. The van der Waals surface area contributed by atoms with Crippen molar-refractivity contribution in [1.29, 1.82) is 5.26 Å². The van der Waals surface area contributed by atoms with E-state index in [-0.39, 0.29) is 29.0 Å². The van der Waals surface area contributed by atoms with Gasteiger partial charge in [0.25, 0.3) is 5.91 Å². The number of likely N-dealkylation sites (tertiary alicyclic amines) is 1. The van der Waals surface area contributed by atoms with E-state index in [1.807, 2.05) is 24.0 Å². The third kappa shape index (κ3) is 5.83. The second-order valence-corrected chi connectivity index (χ2v) is 9.58. The third-order valence-electron chi connectivity index (χ3n) is 6.74. The predicted molar refractivity (Wildman–Crippen MR) is 135 cm³/mol. The third-order valence-corrected chi connectivity index (χ3v) is 6.96. The molecule has 1 N–H and O–H groups in total. The van der Waals surface area contributed by atoms with Crippen LogP contribution in [0.25, 0.3) is 6.08 Å². The Bertz CT molecular complexity index is 1200. The number of piperidine rings is 1. The lowest BCUT2D eigenvalue weighted by atomic mass is 9.97. The van der Waals surface area contributed by atoms with Crippen LogP contribution in [-0.4, -0.2) is 41.9 Å². The lowest BCUT2D eigenvalue weighted by Gasteiger charge is -2.30. The molecule has 2 heterocycles. The van der Waals surface area contributed by atoms with Crippen molar-refractivity contribution < 1.29 is 14.3 Å². The number of carbonyl (C=O) groups is 2. The summed E-state index contributed by atoms with van der Waals surface area (Å²) in [5, 5.41) is 12.8. The van der Waals surface area contributed by atoms with E-state index in [4.69, 9.17) is 16.3 Å². The van der Waals surface area contributed by atoms with Crippen molar-refractivity contribution in [1.82, 2.24) is 9.88 Å². The van der Waals surface area contributed by atoms with Gasteiger partial charge in [0.2, 0.25) is 11.8 Å². The molecule has 4 rings (SSSR count). The zero-order valence-electron chi connectivity index (χ0n) is 20.1. The van der Waals surface area contributed by atoms with E-state index in [9.17, 15) is 14.9 Å². The Morgan fingerprint density at radius 2 is 1.91 bits per heavy atom. The Balaban J connectivity index is 1.53. The number of hydrogen-bond acceptors (Lipinski definition) is 5. The minimum absolute atomic E-state index is 0.101. The van der Waals surface area contributed by atoms with Crippen LogP contribution in [0, 0.1) is 24.2 Å². The second-order valence-electron chi connectivity index (χ2n) is 9.15. The molecule has 0 unspecified atom stereocenters. The molecule has 8 heteroatoms. The predicted octanol–water partition coefficient (Wildman–Crippen LogP) is 5.37. The van der Waals surface area contributed by atoms with Crippen LogP contribution in [0.3, 0.4) is 0 Å². The molecule has 182 valence electrons. The van der Waals surface area contributed by atoms with E-state index < -0.39 is 0 Å². The number of methoxy groups -OCH3 is 1. The number of anilines is 1. The molecule has 2 amide bonds. The van der Waals surface area contributed by atoms with Gasteiger partial charge < -0.3 is 15.0 Å². The number of aryl methyl sites for hydroxylation is 1. The normalized spacial score (nSPS) is 16.1. The number of carbonyl (C=O) groups excluding carboxylic acids is 2. The van der Waals surface area contributed by atoms with Gasteiger partial charge in [-0.1, -0.05) is 36.1 Å². The van der Waals surface area contributed by atoms with Crippen molar-refractivity contribution in [3.8, 4) is 11.9 Å². The number of amides is 2. The molecule has 0 radical (unpaired) electrons. The molecule has 1 aliphatic carbocycles. The zero-order valence-corrected chi connectivity index (χ0v) is 20.8. The summed E-state index contributed by atoms with van der Waals surface area (Å²) in [4.78, 5) is 31.9. The maximum Gasteiger partial charge on any atom is 0.255 e. The molecule has 1 saturated carbocycles. The summed E-state index contributed by atoms with van der Waals surface area (Å²) in [5.41, 5.74) is 3.90. The van der Waals surface area contributed by atoms with Gasteiger partial charge in [0.15, 0.2) is 0 Å². The summed E-state index contributed by atoms with van der Waals surface area (Å²) >= 11 is 6.35. The minimum atomic E-state index is -0.371. The molecule has 1 aromatic heterocycles. The van der Waals surface area contributed by atoms with Gasteiger partial charge in [-0.2, -0.15) is 5.26 Å². The topological polar surface area (TPSA) is 95.3 Å². The summed E-state index contributed by atoms with van der Waals surface area (Å²) in [6.07, 6.45) is 8.00. The van der Waals surface area contributed by atoms with Crippen LogP contribution in [0.4, 0.5) is 5.69 Å². The quantitative estimate of drug-likeness (QED) is 0.605. The van der Waals surface area contributed by atoms with Gasteiger partial charge in [-0.3, -0.25) is 9.59 Å². The fraction of sp³-hybridized carbons (Fsp3) is 0.407. The first-order valence-electron chi connectivity index (χ1n) is 11.9. The SMILES string of the molecule is COc1cc(C(=O)Nc2c(C)cc(Cl)cc2C=C2CCN(C(=O)C3CCCC3)CC2)cc(C#N)n1. The fourth-order valence-corrected chi connectivity index (χ4v) is 5.13. The van der Waals surface area contributed by atoms with E-state index in [0.29, 0.717) is 16.6 Å². The number of rotatable bonds is 5. The Hall–Kier alpha value is -3.37. The van der Waals surface area contributed by atoms with Gasteiger partial charge in [0.1, 0.15) is 11.8 Å². The van der Waals surface area contributed by atoms with Crippen molar-refractivity contribution in [2.24, 2.45) is 5.92 Å². The van der Waals surface area contributed by atoms with E-state index in [1.165, 1.54) is 24.8 Å². The number of hydrogen-bond donors (Lipinski definition) is 1. The second kappa shape index (κ2) is 10.9. The van der Waals surface area contributed by atoms with Crippen LogP contribution in [0.5, 0.6) is 5.88 Å². The maximum atomic E-state index is 13.1. The molecule has 0 atom stereocenters. The van der Waals surface area contributed by atoms with Crippen molar-refractivity contribution in [3.63, 3.8) is 0 Å². The van der Waals surface area contributed by atoms with E-state index in [1.54, 1.807) is 6.07 Å². The molecular formula is C27H29ClN4O3. The molecule has 7 nitrogen and oxygen atoms in total. The van der Waals surface area contributed by atoms with Crippen LogP contribution in [0.1, 0.15) is 65.7 Å². The lowest BCUT2D eigenvalue weighted by molar-refractivity contribution is -0.135. The zero-order chi connectivity index (χ0) is 24.9. The number of ether oxygens (including phenoxy) is 1. The minimum Gasteiger partial charge on any atom is -0.481 e. The number of nitriles is 1. The van der Waals surface area contributed by atoms with Crippen LogP contribution in [0.2, 0.25) is 5.02 Å². The van der Waals surface area contributed by atoms with Crippen LogP contribution < -0.4 is 10.1 Å². The fourth-order valence-electron chi connectivity index (χ4n) is 4.85. The maximum absolute atomic E-state index is 13.1. The summed E-state index contributed by atoms with van der Waals surface area (Å²) in [7, 11) is 1.44. The van der Waals surface area contributed by atoms with Gasteiger partial charge in [0.05, 0.1) is 12.8 Å². The number of benzene rings is 1. The van der Waals surface area contributed by atoms with Crippen molar-refractivity contribution in [2.75, 3.05) is 25.5 Å². The number of halogens is 1. The van der Waals surface area contributed by atoms with Crippen LogP contribution in [-0.2, 0) is 4.79 Å². The largest absolute Gasteiger partial charge is 0.481 e. The lowest BCUT2D eigenvalue weighted by Crippen LogP contribution is -2.39. The molecule has 2 aliphatic rings. The number of nitrogens with zero attached hydrogens (tertiary/aromatic N) is 3. The van der Waals surface area contributed by atoms with Gasteiger partial charge in [-0.25, -0.2) is 4.98 Å². The van der Waals surface area contributed by atoms with Crippen molar-refractivity contribution >= 4 is 35.2 Å². The molecule has 1 aromatic carbocycles. The monoisotopic (exact) mass is 492 g/mol. The average Bonchev–Trinajstić information content (AvgIpc) is 3.40. The van der Waals surface area contributed by atoms with E-state index in [0.717, 1.165) is 62.7 Å². The van der Waals surface area contributed by atoms with Gasteiger partial charge >= 0.3 is 0 Å². The molecule has 1 aliphatic heterocycles. The molecule has 0 bridgehead atoms. The molecule has 35 heavy (non-hydrogen) atoms. The van der Waals surface area contributed by atoms with E-state index >= 15 is 0 Å². The highest BCUT2D eigenvalue weighted by Gasteiger charge is 2.28. The Kier molecular flexibility index (Phi) is 7.72. The smallest absolute Gasteiger partial charge is 0.255 e. The highest BCUT2D eigenvalue weighted by atomic mass is 35.5. The summed E-state index contributed by atoms with van der Waals surface area (Å²) in [5.74, 6) is 0.330. The van der Waals surface area contributed by atoms with Crippen molar-refractivity contribution in [3.05, 3.63) is 57.2 Å². The number of nitrogens with one attached hydrogen (secondary N) is 1. The summed E-state index contributed by atoms with van der Waals surface area (Å²) in [6, 6.07) is 8.51. The molecule has 2 aromatic rings. The molecule has 2 fully saturated rings. The number of aromatic nitrogens is 1. The van der Waals surface area contributed by atoms with Crippen molar-refractivity contribution in [2.45, 2.75) is 45.4 Å². The first-order valence-corrected chi connectivity index (χ1v) is 12.3. The molecular weight excluding hydrogens is 464 g/mol. The first-order chi connectivity index (χ1) is 16.9. The first kappa shape index (κ1) is 24.7. The Morgan fingerprint density at radius 1 is 1.20 bits per heavy atom. The molecule has 0 spiro atoms.